The smallest absolute Gasteiger partial charge is 0.166 e. The van der Waals surface area contributed by atoms with E-state index in [2.05, 4.69) is 31.7 Å². The fourth-order valence-electron chi connectivity index (χ4n) is 6.98. The molecule has 0 aromatic heterocycles. The van der Waals surface area contributed by atoms with E-state index in [-0.39, 0.29) is 0 Å². The van der Waals surface area contributed by atoms with Crippen LogP contribution in [-0.2, 0) is 6.42 Å². The van der Waals surface area contributed by atoms with Crippen molar-refractivity contribution in [2.45, 2.75) is 90.4 Å². The summed E-state index contributed by atoms with van der Waals surface area (Å²) in [5, 5.41) is 0. The molecule has 0 bridgehead atoms. The summed E-state index contributed by atoms with van der Waals surface area (Å²) in [4.78, 5) is 0. The molecule has 0 N–H and O–H groups in total. The molecule has 1 atom stereocenters. The van der Waals surface area contributed by atoms with Crippen LogP contribution >= 0.6 is 0 Å². The van der Waals surface area contributed by atoms with Crippen molar-refractivity contribution in [1.82, 2.24) is 0 Å². The second-order valence-electron chi connectivity index (χ2n) is 10.9. The molecule has 2 heteroatoms. The van der Waals surface area contributed by atoms with E-state index in [0.717, 1.165) is 54.4 Å². The number of allylic oxidation sites excluding steroid dienone is 5. The molecule has 0 saturated heterocycles. The number of halogens is 2. The summed E-state index contributed by atoms with van der Waals surface area (Å²) in [6, 6.07) is 3.55. The van der Waals surface area contributed by atoms with E-state index in [9.17, 15) is 8.78 Å². The molecule has 1 aromatic rings. The summed E-state index contributed by atoms with van der Waals surface area (Å²) < 4.78 is 29.3. The molecule has 0 heterocycles. The third kappa shape index (κ3) is 5.87. The quantitative estimate of drug-likeness (QED) is 0.361. The second kappa shape index (κ2) is 11.6. The van der Waals surface area contributed by atoms with Gasteiger partial charge in [0, 0.05) is 5.56 Å². The largest absolute Gasteiger partial charge is 0.203 e. The Morgan fingerprint density at radius 3 is 2.06 bits per heavy atom. The Morgan fingerprint density at radius 1 is 0.848 bits per heavy atom. The van der Waals surface area contributed by atoms with Crippen molar-refractivity contribution in [2.75, 3.05) is 0 Å². The van der Waals surface area contributed by atoms with Crippen LogP contribution < -0.4 is 0 Å². The zero-order valence-corrected chi connectivity index (χ0v) is 20.5. The number of aryl methyl sites for hydroxylation is 1. The van der Waals surface area contributed by atoms with Crippen molar-refractivity contribution >= 4 is 5.57 Å². The van der Waals surface area contributed by atoms with E-state index >= 15 is 0 Å². The van der Waals surface area contributed by atoms with Gasteiger partial charge >= 0.3 is 0 Å². The SMILES string of the molecule is C=CCCc1ccc(C2=CCC(C3CCC(C4CCC(/C=C/C)CC4)CC3)CC2)c(F)c1F. The van der Waals surface area contributed by atoms with Gasteiger partial charge in [-0.3, -0.25) is 0 Å². The Hall–Kier alpha value is -1.70. The van der Waals surface area contributed by atoms with Gasteiger partial charge in [-0.2, -0.15) is 0 Å². The van der Waals surface area contributed by atoms with Crippen LogP contribution in [0.2, 0.25) is 0 Å². The van der Waals surface area contributed by atoms with Gasteiger partial charge in [0.05, 0.1) is 0 Å². The fraction of sp³-hybridized carbons (Fsp3) is 0.613. The average Bonchev–Trinajstić information content (AvgIpc) is 2.86. The van der Waals surface area contributed by atoms with Gasteiger partial charge in [0.2, 0.25) is 0 Å². The van der Waals surface area contributed by atoms with Crippen LogP contribution in [0.3, 0.4) is 0 Å². The topological polar surface area (TPSA) is 0 Å². The summed E-state index contributed by atoms with van der Waals surface area (Å²) in [5.74, 6) is 2.94. The highest BCUT2D eigenvalue weighted by molar-refractivity contribution is 5.67. The molecule has 1 aromatic carbocycles. The normalized spacial score (nSPS) is 30.9. The van der Waals surface area contributed by atoms with E-state index in [0.29, 0.717) is 24.0 Å². The first-order chi connectivity index (χ1) is 16.1. The lowest BCUT2D eigenvalue weighted by atomic mass is 9.66. The lowest BCUT2D eigenvalue weighted by molar-refractivity contribution is 0.128. The Morgan fingerprint density at radius 2 is 1.48 bits per heavy atom. The zero-order chi connectivity index (χ0) is 23.2. The first kappa shape index (κ1) is 24.4. The van der Waals surface area contributed by atoms with E-state index in [4.69, 9.17) is 0 Å². The summed E-state index contributed by atoms with van der Waals surface area (Å²) in [5.41, 5.74) is 1.94. The lowest BCUT2D eigenvalue weighted by Gasteiger charge is -2.40. The Kier molecular flexibility index (Phi) is 8.61. The molecule has 0 spiro atoms. The minimum atomic E-state index is -0.671. The lowest BCUT2D eigenvalue weighted by Crippen LogP contribution is -2.28. The minimum absolute atomic E-state index is 0.456. The van der Waals surface area contributed by atoms with E-state index < -0.39 is 11.6 Å². The summed E-state index contributed by atoms with van der Waals surface area (Å²) in [7, 11) is 0. The predicted octanol–water partition coefficient (Wildman–Crippen LogP) is 9.46. The van der Waals surface area contributed by atoms with Gasteiger partial charge in [0.25, 0.3) is 0 Å². The van der Waals surface area contributed by atoms with Crippen molar-refractivity contribution in [2.24, 2.45) is 29.6 Å². The Bertz CT molecular complexity index is 848. The van der Waals surface area contributed by atoms with Crippen LogP contribution in [0.25, 0.3) is 5.57 Å². The first-order valence-corrected chi connectivity index (χ1v) is 13.5. The van der Waals surface area contributed by atoms with Gasteiger partial charge < -0.3 is 0 Å². The molecule has 0 radical (unpaired) electrons. The number of hydrogen-bond donors (Lipinski definition) is 0. The molecule has 1 unspecified atom stereocenters. The predicted molar refractivity (Wildman–Crippen MR) is 136 cm³/mol. The third-order valence-corrected chi connectivity index (χ3v) is 9.01. The molecular formula is C31H42F2. The highest BCUT2D eigenvalue weighted by Gasteiger charge is 2.33. The van der Waals surface area contributed by atoms with E-state index in [1.54, 1.807) is 18.2 Å². The third-order valence-electron chi connectivity index (χ3n) is 9.01. The molecule has 2 saturated carbocycles. The van der Waals surface area contributed by atoms with Crippen LogP contribution in [0.15, 0.2) is 43.0 Å². The van der Waals surface area contributed by atoms with Crippen LogP contribution in [0, 0.1) is 41.2 Å². The molecule has 33 heavy (non-hydrogen) atoms. The van der Waals surface area contributed by atoms with Crippen molar-refractivity contribution in [3.63, 3.8) is 0 Å². The fourth-order valence-corrected chi connectivity index (χ4v) is 6.98. The monoisotopic (exact) mass is 452 g/mol. The standard InChI is InChI=1S/C31H42F2/c1-3-5-7-28-20-21-29(31(33)30(28)32)27-18-16-26(17-19-27)25-14-12-24(13-15-25)23-10-8-22(6-4-2)9-11-23/h3-4,6,18,20-26H,1,5,7-17,19H2,2H3/b6-4+. The van der Waals surface area contributed by atoms with Crippen molar-refractivity contribution in [3.8, 4) is 0 Å². The van der Waals surface area contributed by atoms with Gasteiger partial charge in [-0.1, -0.05) is 36.4 Å². The highest BCUT2D eigenvalue weighted by Crippen LogP contribution is 2.46. The molecular weight excluding hydrogens is 410 g/mol. The molecule has 180 valence electrons. The van der Waals surface area contributed by atoms with Gasteiger partial charge in [0.15, 0.2) is 11.6 Å². The molecule has 0 aliphatic heterocycles. The van der Waals surface area contributed by atoms with Crippen molar-refractivity contribution in [1.29, 1.82) is 0 Å². The zero-order valence-electron chi connectivity index (χ0n) is 20.5. The molecule has 0 amide bonds. The number of benzene rings is 1. The Labute approximate surface area is 200 Å². The number of rotatable bonds is 7. The summed E-state index contributed by atoms with van der Waals surface area (Å²) >= 11 is 0. The van der Waals surface area contributed by atoms with Gasteiger partial charge in [-0.15, -0.1) is 6.58 Å². The summed E-state index contributed by atoms with van der Waals surface area (Å²) in [6.45, 7) is 5.82. The molecule has 3 aliphatic carbocycles. The van der Waals surface area contributed by atoms with Crippen LogP contribution in [0.4, 0.5) is 8.78 Å². The maximum absolute atomic E-state index is 14.8. The minimum Gasteiger partial charge on any atom is -0.203 e. The van der Waals surface area contributed by atoms with Gasteiger partial charge in [0.1, 0.15) is 0 Å². The van der Waals surface area contributed by atoms with E-state index in [1.165, 1.54) is 51.4 Å². The molecule has 3 aliphatic rings. The molecule has 4 rings (SSSR count). The van der Waals surface area contributed by atoms with Crippen LogP contribution in [0.1, 0.15) is 95.1 Å². The van der Waals surface area contributed by atoms with Gasteiger partial charge in [-0.05, 0) is 131 Å². The second-order valence-corrected chi connectivity index (χ2v) is 10.9. The van der Waals surface area contributed by atoms with Crippen molar-refractivity contribution in [3.05, 3.63) is 65.8 Å². The molecule has 2 fully saturated rings. The molecule has 0 nitrogen and oxygen atoms in total. The Balaban J connectivity index is 1.28. The van der Waals surface area contributed by atoms with E-state index in [1.807, 2.05) is 0 Å². The van der Waals surface area contributed by atoms with Gasteiger partial charge in [-0.25, -0.2) is 8.78 Å². The first-order valence-electron chi connectivity index (χ1n) is 13.5. The number of hydrogen-bond acceptors (Lipinski definition) is 0. The van der Waals surface area contributed by atoms with Crippen LogP contribution in [0.5, 0.6) is 0 Å². The van der Waals surface area contributed by atoms with Crippen LogP contribution in [-0.4, -0.2) is 0 Å². The maximum atomic E-state index is 14.8. The van der Waals surface area contributed by atoms with Crippen molar-refractivity contribution < 1.29 is 8.78 Å². The summed E-state index contributed by atoms with van der Waals surface area (Å²) in [6.07, 6.45) is 24.0. The highest BCUT2D eigenvalue weighted by atomic mass is 19.2. The average molecular weight is 453 g/mol. The maximum Gasteiger partial charge on any atom is 0.166 e.